The molecule has 16 heavy (non-hydrogen) atoms. The summed E-state index contributed by atoms with van der Waals surface area (Å²) in [6.07, 6.45) is -4.41. The molecule has 0 saturated carbocycles. The van der Waals surface area contributed by atoms with E-state index in [4.69, 9.17) is 5.73 Å². The van der Waals surface area contributed by atoms with E-state index in [1.54, 1.807) is 0 Å². The van der Waals surface area contributed by atoms with Crippen LogP contribution in [0.2, 0.25) is 0 Å². The number of alkyl halides is 3. The van der Waals surface area contributed by atoms with Crippen molar-refractivity contribution in [2.75, 3.05) is 6.54 Å². The molecule has 0 aliphatic heterocycles. The minimum absolute atomic E-state index is 0.0248. The van der Waals surface area contributed by atoms with Crippen molar-refractivity contribution in [3.63, 3.8) is 0 Å². The molecule has 0 bridgehead atoms. The second-order valence-corrected chi connectivity index (χ2v) is 3.14. The van der Waals surface area contributed by atoms with Crippen LogP contribution in [0, 0.1) is 0 Å². The summed E-state index contributed by atoms with van der Waals surface area (Å²) in [6, 6.07) is 5.08. The van der Waals surface area contributed by atoms with Crippen molar-refractivity contribution in [3.05, 3.63) is 35.4 Å². The van der Waals surface area contributed by atoms with E-state index < -0.39 is 17.6 Å². The highest BCUT2D eigenvalue weighted by molar-refractivity contribution is 5.77. The highest BCUT2D eigenvalue weighted by Crippen LogP contribution is 2.31. The maximum Gasteiger partial charge on any atom is 0.416 e. The van der Waals surface area contributed by atoms with Gasteiger partial charge in [-0.1, -0.05) is 18.2 Å². The number of carbonyl (C=O) groups is 1. The van der Waals surface area contributed by atoms with Crippen molar-refractivity contribution in [3.8, 4) is 0 Å². The molecule has 0 unspecified atom stereocenters. The molecule has 0 saturated heterocycles. The quantitative estimate of drug-likeness (QED) is 0.824. The fraction of sp³-hybridized carbons (Fsp3) is 0.300. The first kappa shape index (κ1) is 12.5. The van der Waals surface area contributed by atoms with Crippen LogP contribution in [0.15, 0.2) is 24.3 Å². The van der Waals surface area contributed by atoms with E-state index >= 15 is 0 Å². The molecule has 6 heteroatoms. The minimum Gasteiger partial charge on any atom is -0.351 e. The SMILES string of the molecule is NCC(=O)NCc1ccccc1C(F)(F)F. The fourth-order valence-electron chi connectivity index (χ4n) is 1.22. The van der Waals surface area contributed by atoms with Crippen LogP contribution in [0.4, 0.5) is 13.2 Å². The number of hydrogen-bond acceptors (Lipinski definition) is 2. The summed E-state index contributed by atoms with van der Waals surface area (Å²) in [6.45, 7) is -0.417. The van der Waals surface area contributed by atoms with Gasteiger partial charge in [-0.2, -0.15) is 13.2 Å². The van der Waals surface area contributed by atoms with Gasteiger partial charge in [-0.3, -0.25) is 4.79 Å². The maximum atomic E-state index is 12.5. The molecule has 88 valence electrons. The lowest BCUT2D eigenvalue weighted by atomic mass is 10.1. The van der Waals surface area contributed by atoms with Crippen LogP contribution >= 0.6 is 0 Å². The summed E-state index contributed by atoms with van der Waals surface area (Å²) in [4.78, 5) is 10.8. The van der Waals surface area contributed by atoms with Gasteiger partial charge in [0.05, 0.1) is 12.1 Å². The summed E-state index contributed by atoms with van der Waals surface area (Å²) in [5.74, 6) is -0.489. The smallest absolute Gasteiger partial charge is 0.351 e. The lowest BCUT2D eigenvalue weighted by Crippen LogP contribution is -2.30. The fourth-order valence-corrected chi connectivity index (χ4v) is 1.22. The Balaban J connectivity index is 2.84. The van der Waals surface area contributed by atoms with Crippen LogP contribution in [0.3, 0.4) is 0 Å². The lowest BCUT2D eigenvalue weighted by molar-refractivity contribution is -0.138. The van der Waals surface area contributed by atoms with Crippen molar-refractivity contribution in [1.82, 2.24) is 5.32 Å². The molecule has 3 nitrogen and oxygen atoms in total. The Labute approximate surface area is 90.4 Å². The van der Waals surface area contributed by atoms with Crippen LogP contribution < -0.4 is 11.1 Å². The minimum atomic E-state index is -4.41. The molecule has 0 aliphatic carbocycles. The topological polar surface area (TPSA) is 55.1 Å². The average molecular weight is 232 g/mol. The van der Waals surface area contributed by atoms with Crippen LogP contribution in [-0.4, -0.2) is 12.5 Å². The molecule has 1 rings (SSSR count). The monoisotopic (exact) mass is 232 g/mol. The van der Waals surface area contributed by atoms with Gasteiger partial charge in [-0.15, -0.1) is 0 Å². The predicted octanol–water partition coefficient (Wildman–Crippen LogP) is 1.28. The van der Waals surface area contributed by atoms with E-state index in [0.717, 1.165) is 6.07 Å². The predicted molar refractivity (Wildman–Crippen MR) is 52.3 cm³/mol. The second-order valence-electron chi connectivity index (χ2n) is 3.14. The Bertz CT molecular complexity index is 377. The molecular formula is C10H11F3N2O. The number of carbonyl (C=O) groups excluding carboxylic acids is 1. The third kappa shape index (κ3) is 3.23. The van der Waals surface area contributed by atoms with Crippen molar-refractivity contribution < 1.29 is 18.0 Å². The first-order chi connectivity index (χ1) is 7.45. The summed E-state index contributed by atoms with van der Waals surface area (Å²) >= 11 is 0. The summed E-state index contributed by atoms with van der Waals surface area (Å²) in [5, 5.41) is 2.30. The Morgan fingerprint density at radius 3 is 2.50 bits per heavy atom. The third-order valence-corrected chi connectivity index (χ3v) is 1.98. The van der Waals surface area contributed by atoms with E-state index in [1.807, 2.05) is 0 Å². The number of hydrogen-bond donors (Lipinski definition) is 2. The van der Waals surface area contributed by atoms with Gasteiger partial charge in [0.15, 0.2) is 0 Å². The largest absolute Gasteiger partial charge is 0.416 e. The Kier molecular flexibility index (Phi) is 3.89. The second kappa shape index (κ2) is 4.98. The molecule has 0 aliphatic rings. The van der Waals surface area contributed by atoms with Gasteiger partial charge in [0, 0.05) is 6.54 Å². The van der Waals surface area contributed by atoms with Gasteiger partial charge in [0.1, 0.15) is 0 Å². The number of nitrogens with one attached hydrogen (secondary N) is 1. The molecule has 0 aromatic heterocycles. The van der Waals surface area contributed by atoms with Crippen molar-refractivity contribution in [2.45, 2.75) is 12.7 Å². The lowest BCUT2D eigenvalue weighted by Gasteiger charge is -2.12. The average Bonchev–Trinajstić information content (AvgIpc) is 2.25. The number of nitrogens with two attached hydrogens (primary N) is 1. The number of rotatable bonds is 3. The highest BCUT2D eigenvalue weighted by atomic mass is 19.4. The number of amides is 1. The molecule has 0 atom stereocenters. The zero-order valence-electron chi connectivity index (χ0n) is 8.34. The van der Waals surface area contributed by atoms with Crippen molar-refractivity contribution in [2.24, 2.45) is 5.73 Å². The summed E-state index contributed by atoms with van der Waals surface area (Å²) in [5.41, 5.74) is 4.31. The van der Waals surface area contributed by atoms with E-state index in [0.29, 0.717) is 0 Å². The Hall–Kier alpha value is -1.56. The van der Waals surface area contributed by atoms with Gasteiger partial charge < -0.3 is 11.1 Å². The number of halogens is 3. The van der Waals surface area contributed by atoms with E-state index in [9.17, 15) is 18.0 Å². The molecule has 0 fully saturated rings. The molecular weight excluding hydrogens is 221 g/mol. The van der Waals surface area contributed by atoms with Crippen LogP contribution in [0.1, 0.15) is 11.1 Å². The Morgan fingerprint density at radius 1 is 1.31 bits per heavy atom. The molecule has 0 heterocycles. The van der Waals surface area contributed by atoms with Crippen LogP contribution in [0.25, 0.3) is 0 Å². The van der Waals surface area contributed by atoms with E-state index in [-0.39, 0.29) is 18.7 Å². The first-order valence-electron chi connectivity index (χ1n) is 4.57. The van der Waals surface area contributed by atoms with Crippen molar-refractivity contribution in [1.29, 1.82) is 0 Å². The van der Waals surface area contributed by atoms with Gasteiger partial charge in [-0.25, -0.2) is 0 Å². The van der Waals surface area contributed by atoms with Crippen molar-refractivity contribution >= 4 is 5.91 Å². The van der Waals surface area contributed by atoms with E-state index in [2.05, 4.69) is 5.32 Å². The van der Waals surface area contributed by atoms with Crippen LogP contribution in [0.5, 0.6) is 0 Å². The Morgan fingerprint density at radius 2 is 1.94 bits per heavy atom. The summed E-state index contributed by atoms with van der Waals surface area (Å²) < 4.78 is 37.6. The number of benzene rings is 1. The standard InChI is InChI=1S/C10H11F3N2O/c11-10(12,13)8-4-2-1-3-7(8)6-15-9(16)5-14/h1-4H,5-6,14H2,(H,15,16). The van der Waals surface area contributed by atoms with Crippen LogP contribution in [-0.2, 0) is 17.5 Å². The maximum absolute atomic E-state index is 12.5. The first-order valence-corrected chi connectivity index (χ1v) is 4.57. The van der Waals surface area contributed by atoms with E-state index in [1.165, 1.54) is 18.2 Å². The molecule has 3 N–H and O–H groups in total. The third-order valence-electron chi connectivity index (χ3n) is 1.98. The molecule has 1 aromatic rings. The van der Waals surface area contributed by atoms with Gasteiger partial charge in [-0.05, 0) is 11.6 Å². The molecule has 1 amide bonds. The van der Waals surface area contributed by atoms with Gasteiger partial charge in [0.25, 0.3) is 0 Å². The highest BCUT2D eigenvalue weighted by Gasteiger charge is 2.32. The van der Waals surface area contributed by atoms with Gasteiger partial charge >= 0.3 is 6.18 Å². The van der Waals surface area contributed by atoms with Gasteiger partial charge in [0.2, 0.25) is 5.91 Å². The zero-order chi connectivity index (χ0) is 12.2. The summed E-state index contributed by atoms with van der Waals surface area (Å²) in [7, 11) is 0. The molecule has 0 radical (unpaired) electrons. The molecule has 0 spiro atoms. The zero-order valence-corrected chi connectivity index (χ0v) is 8.34. The normalized spacial score (nSPS) is 11.2. The molecule has 1 aromatic carbocycles.